The molecule has 6 aliphatic rings. The number of hydrogen-bond acceptors (Lipinski definition) is 10. The van der Waals surface area contributed by atoms with Crippen molar-refractivity contribution in [3.63, 3.8) is 0 Å². The van der Waals surface area contributed by atoms with Gasteiger partial charge in [-0.2, -0.15) is 0 Å². The number of benzene rings is 1. The number of methoxy groups -OCH3 is 1. The van der Waals surface area contributed by atoms with Gasteiger partial charge in [0.2, 0.25) is 27.7 Å². The summed E-state index contributed by atoms with van der Waals surface area (Å²) in [6, 6.07) is 5.58. The zero-order valence-corrected chi connectivity index (χ0v) is 33.3. The van der Waals surface area contributed by atoms with Crippen molar-refractivity contribution in [2.45, 2.75) is 125 Å². The van der Waals surface area contributed by atoms with Gasteiger partial charge < -0.3 is 29.7 Å². The predicted molar refractivity (Wildman–Crippen MR) is 211 cm³/mol. The highest BCUT2D eigenvalue weighted by atomic mass is 32.2. The highest BCUT2D eigenvalue weighted by Crippen LogP contribution is 2.46. The molecule has 5 fully saturated rings. The molecule has 4 amide bonds. The van der Waals surface area contributed by atoms with Crippen molar-refractivity contribution in [1.82, 2.24) is 25.2 Å². The van der Waals surface area contributed by atoms with Crippen LogP contribution in [0.15, 0.2) is 43.0 Å². The van der Waals surface area contributed by atoms with Crippen LogP contribution >= 0.6 is 0 Å². The van der Waals surface area contributed by atoms with Gasteiger partial charge in [0.05, 0.1) is 24.4 Å². The molecule has 8 rings (SSSR count). The van der Waals surface area contributed by atoms with Crippen LogP contribution in [0.1, 0.15) is 95.5 Å². The molecule has 15 heteroatoms. The van der Waals surface area contributed by atoms with Gasteiger partial charge in [0.15, 0.2) is 0 Å². The summed E-state index contributed by atoms with van der Waals surface area (Å²) in [5.74, 6) is -1.35. The Morgan fingerprint density at radius 2 is 1.79 bits per heavy atom. The summed E-state index contributed by atoms with van der Waals surface area (Å²) in [5.41, 5.74) is -0.141. The number of amides is 4. The molecule has 14 nitrogen and oxygen atoms in total. The summed E-state index contributed by atoms with van der Waals surface area (Å²) in [5, 5.41) is 6.06. The van der Waals surface area contributed by atoms with E-state index in [4.69, 9.17) is 19.2 Å². The Balaban J connectivity index is 1.14. The van der Waals surface area contributed by atoms with Crippen LogP contribution < -0.4 is 24.8 Å². The van der Waals surface area contributed by atoms with Gasteiger partial charge >= 0.3 is 6.09 Å². The minimum absolute atomic E-state index is 0.00267. The van der Waals surface area contributed by atoms with E-state index in [0.717, 1.165) is 75.2 Å². The number of rotatable bonds is 8. The number of pyridine rings is 1. The zero-order valence-electron chi connectivity index (χ0n) is 32.5. The van der Waals surface area contributed by atoms with E-state index in [-0.39, 0.29) is 37.3 Å². The number of aromatic nitrogens is 1. The quantitative estimate of drug-likeness (QED) is 0.310. The Bertz CT molecular complexity index is 2060. The van der Waals surface area contributed by atoms with E-state index in [1.54, 1.807) is 7.11 Å². The average Bonchev–Trinajstić information content (AvgIpc) is 3.98. The number of carbonyl (C=O) groups is 4. The second-order valence-corrected chi connectivity index (χ2v) is 18.7. The monoisotopic (exact) mass is 803 g/mol. The smallest absolute Gasteiger partial charge is 0.408 e. The maximum Gasteiger partial charge on any atom is 0.408 e. The van der Waals surface area contributed by atoms with E-state index in [9.17, 15) is 27.6 Å². The highest BCUT2D eigenvalue weighted by Gasteiger charge is 2.62. The van der Waals surface area contributed by atoms with Gasteiger partial charge in [-0.05, 0) is 101 Å². The summed E-state index contributed by atoms with van der Waals surface area (Å²) in [4.78, 5) is 63.0. The first-order valence-corrected chi connectivity index (χ1v) is 22.1. The third-order valence-electron chi connectivity index (χ3n) is 12.9. The molecule has 2 aliphatic heterocycles. The number of nitrogens with one attached hydrogen (secondary N) is 3. The molecule has 4 aliphatic carbocycles. The van der Waals surface area contributed by atoms with Crippen LogP contribution in [0.2, 0.25) is 0 Å². The number of hydrogen-bond donors (Lipinski definition) is 3. The van der Waals surface area contributed by atoms with Crippen molar-refractivity contribution < 1.29 is 41.8 Å². The third-order valence-corrected chi connectivity index (χ3v) is 14.7. The first kappa shape index (κ1) is 39.2. The van der Waals surface area contributed by atoms with Crippen molar-refractivity contribution in [3.8, 4) is 11.6 Å². The van der Waals surface area contributed by atoms with E-state index in [1.807, 2.05) is 30.3 Å². The van der Waals surface area contributed by atoms with Gasteiger partial charge in [-0.25, -0.2) is 18.2 Å². The molecular weight excluding hydrogens is 751 g/mol. The van der Waals surface area contributed by atoms with E-state index < -0.39 is 68.7 Å². The highest BCUT2D eigenvalue weighted by molar-refractivity contribution is 7.91. The number of fused-ring (bicyclic) bond motifs is 5. The lowest BCUT2D eigenvalue weighted by Crippen LogP contribution is -2.59. The molecule has 3 heterocycles. The van der Waals surface area contributed by atoms with Crippen LogP contribution in [0.5, 0.6) is 11.6 Å². The van der Waals surface area contributed by atoms with E-state index in [2.05, 4.69) is 28.0 Å². The second-order valence-electron chi connectivity index (χ2n) is 16.7. The summed E-state index contributed by atoms with van der Waals surface area (Å²) in [6.45, 7) is 3.82. The van der Waals surface area contributed by atoms with Gasteiger partial charge in [0, 0.05) is 29.4 Å². The molecule has 2 bridgehead atoms. The molecule has 1 aromatic heterocycles. The molecular formula is C42H53N5O9S. The number of allylic oxidation sites excluding steroid dienone is 1. The Kier molecular flexibility index (Phi) is 11.0. The number of alkyl carbamates (subject to hydrolysis) is 1. The van der Waals surface area contributed by atoms with Crippen LogP contribution in [0, 0.1) is 17.8 Å². The molecule has 3 N–H and O–H groups in total. The van der Waals surface area contributed by atoms with Gasteiger partial charge in [-0.1, -0.05) is 31.1 Å². The minimum Gasteiger partial charge on any atom is -0.497 e. The second kappa shape index (κ2) is 15.9. The van der Waals surface area contributed by atoms with Crippen LogP contribution in [0.4, 0.5) is 4.79 Å². The van der Waals surface area contributed by atoms with Crippen molar-refractivity contribution in [2.24, 2.45) is 17.8 Å². The van der Waals surface area contributed by atoms with Crippen LogP contribution in [-0.4, -0.2) is 90.9 Å². The maximum absolute atomic E-state index is 14.9. The lowest BCUT2D eigenvalue weighted by molar-refractivity contribution is -0.142. The Morgan fingerprint density at radius 3 is 2.53 bits per heavy atom. The molecule has 4 saturated carbocycles. The average molecular weight is 804 g/mol. The lowest BCUT2D eigenvalue weighted by atomic mass is 9.96. The summed E-state index contributed by atoms with van der Waals surface area (Å²) in [6.07, 6.45) is 13.8. The standard InChI is InChI=1S/C42H53N5O9S/c1-3-29-23-42(29,40(50)46-57(52,53)32-18-19-32)45-37(48)34-22-31-24-47(34)39(49)36(26-11-7-8-12-26)44-41(51)56-35-15-9-14-25(35)10-5-4-6-13-28-20-27-16-17-30(54-2)21-33(27)43-38(28)55-31/h3,6,13,16-17,20-21,25-26,29,31-32,34-36H,1,4-5,7-12,14-15,18-19,22-24H2,2H3,(H,44,51)(H,45,48)(H,46,50)/b13-6+/t25-,29-,31+,34-,35-,36-,42-/m0/s1. The van der Waals surface area contributed by atoms with E-state index >= 15 is 0 Å². The Labute approximate surface area is 333 Å². The Hall–Kier alpha value is -4.66. The van der Waals surface area contributed by atoms with Gasteiger partial charge in [-0.15, -0.1) is 6.58 Å². The van der Waals surface area contributed by atoms with Crippen molar-refractivity contribution >= 4 is 50.8 Å². The van der Waals surface area contributed by atoms with Crippen molar-refractivity contribution in [1.29, 1.82) is 0 Å². The van der Waals surface area contributed by atoms with Crippen molar-refractivity contribution in [3.05, 3.63) is 48.6 Å². The van der Waals surface area contributed by atoms with E-state index in [0.29, 0.717) is 30.0 Å². The lowest BCUT2D eigenvalue weighted by Gasteiger charge is -2.32. The molecule has 1 aromatic carbocycles. The van der Waals surface area contributed by atoms with Crippen LogP contribution in [0.25, 0.3) is 17.0 Å². The fourth-order valence-corrected chi connectivity index (χ4v) is 10.7. The van der Waals surface area contributed by atoms with Crippen molar-refractivity contribution in [2.75, 3.05) is 13.7 Å². The summed E-state index contributed by atoms with van der Waals surface area (Å²) < 4.78 is 46.0. The van der Waals surface area contributed by atoms with E-state index in [1.165, 1.54) is 11.0 Å². The molecule has 1 saturated heterocycles. The number of carbonyl (C=O) groups excluding carboxylic acids is 4. The molecule has 7 atom stereocenters. The maximum atomic E-state index is 14.9. The topological polar surface area (TPSA) is 182 Å². The SMILES string of the molecule is C=C[C@H]1C[C@@]1(NC(=O)[C@@H]1C[C@@H]2CN1C(=O)[C@H](C1CCCC1)NC(=O)O[C@H]1CCC[C@@H]1CCC/C=C/c1cc3ccc(OC)cc3nc1O2)C(=O)NS(=O)(=O)C1CC1. The zero-order chi connectivity index (χ0) is 39.9. The first-order valence-electron chi connectivity index (χ1n) is 20.6. The number of sulfonamides is 1. The van der Waals surface area contributed by atoms with Gasteiger partial charge in [0.1, 0.15) is 35.6 Å². The molecule has 0 unspecified atom stereocenters. The number of nitrogens with zero attached hydrogens (tertiary/aromatic N) is 2. The Morgan fingerprint density at radius 1 is 1.02 bits per heavy atom. The fraction of sp³-hybridized carbons (Fsp3) is 0.595. The van der Waals surface area contributed by atoms with Crippen LogP contribution in [0.3, 0.4) is 0 Å². The van der Waals surface area contributed by atoms with Gasteiger partial charge in [0.25, 0.3) is 5.91 Å². The fourth-order valence-electron chi connectivity index (χ4n) is 9.38. The van der Waals surface area contributed by atoms with Crippen LogP contribution in [-0.2, 0) is 29.1 Å². The normalized spacial score (nSPS) is 31.4. The predicted octanol–water partition coefficient (Wildman–Crippen LogP) is 4.91. The molecule has 2 aromatic rings. The summed E-state index contributed by atoms with van der Waals surface area (Å²) in [7, 11) is -2.31. The van der Waals surface area contributed by atoms with Gasteiger partial charge in [-0.3, -0.25) is 19.1 Å². The first-order chi connectivity index (χ1) is 27.5. The number of ether oxygens (including phenoxy) is 3. The summed E-state index contributed by atoms with van der Waals surface area (Å²) >= 11 is 0. The molecule has 0 spiro atoms. The molecule has 306 valence electrons. The largest absolute Gasteiger partial charge is 0.497 e. The molecule has 0 radical (unpaired) electrons. The molecule has 57 heavy (non-hydrogen) atoms. The third kappa shape index (κ3) is 8.22. The minimum atomic E-state index is -3.90.